The second kappa shape index (κ2) is 4.86. The molecule has 0 saturated heterocycles. The second-order valence-corrected chi connectivity index (χ2v) is 4.38. The van der Waals surface area contributed by atoms with Gasteiger partial charge in [0.25, 0.3) is 6.20 Å². The third-order valence-corrected chi connectivity index (χ3v) is 3.02. The van der Waals surface area contributed by atoms with Crippen LogP contribution in [-0.4, -0.2) is 22.2 Å². The SMILES string of the molecule is CO[n+]1cc(O)cc(F)c1-c1cc2ccc(=O)[nH]c2cn1. The normalized spacial score (nSPS) is 10.8. The van der Waals surface area contributed by atoms with Gasteiger partial charge in [-0.05, 0) is 12.1 Å². The quantitative estimate of drug-likeness (QED) is 0.683. The summed E-state index contributed by atoms with van der Waals surface area (Å²) in [5, 5.41) is 10.1. The maximum Gasteiger partial charge on any atom is 0.318 e. The third-order valence-electron chi connectivity index (χ3n) is 3.02. The Morgan fingerprint density at radius 3 is 2.95 bits per heavy atom. The van der Waals surface area contributed by atoms with E-state index in [1.54, 1.807) is 12.1 Å². The molecule has 2 N–H and O–H groups in total. The first-order valence-corrected chi connectivity index (χ1v) is 6.06. The van der Waals surface area contributed by atoms with Crippen LogP contribution in [0.3, 0.4) is 0 Å². The predicted molar refractivity (Wildman–Crippen MR) is 72.1 cm³/mol. The van der Waals surface area contributed by atoms with Gasteiger partial charge in [-0.25, -0.2) is 4.98 Å². The highest BCUT2D eigenvalue weighted by atomic mass is 19.1. The standard InChI is InChI=1S/C14H10FN3O3/c1-21-18-7-9(19)5-10(15)14(18)11-4-8-2-3-13(20)17-12(8)6-16-11/h2-7,19H,1H3/p+1. The molecule has 3 rings (SSSR count). The highest BCUT2D eigenvalue weighted by Gasteiger charge is 2.24. The second-order valence-electron chi connectivity index (χ2n) is 4.38. The number of aromatic nitrogens is 3. The molecule has 6 nitrogen and oxygen atoms in total. The maximum atomic E-state index is 14.1. The number of fused-ring (bicyclic) bond motifs is 1. The molecule has 0 aliphatic rings. The van der Waals surface area contributed by atoms with Gasteiger partial charge in [0.15, 0.2) is 5.75 Å². The van der Waals surface area contributed by atoms with E-state index >= 15 is 0 Å². The molecule has 3 aromatic rings. The van der Waals surface area contributed by atoms with Gasteiger partial charge in [0, 0.05) is 22.2 Å². The van der Waals surface area contributed by atoms with Crippen LogP contribution in [0.15, 0.2) is 41.5 Å². The number of halogens is 1. The monoisotopic (exact) mass is 288 g/mol. The van der Waals surface area contributed by atoms with Crippen LogP contribution in [0.1, 0.15) is 0 Å². The number of aromatic hydroxyl groups is 1. The average Bonchev–Trinajstić information content (AvgIpc) is 2.46. The van der Waals surface area contributed by atoms with Crippen molar-refractivity contribution >= 4 is 10.9 Å². The number of H-pyrrole nitrogens is 1. The smallest absolute Gasteiger partial charge is 0.318 e. The van der Waals surface area contributed by atoms with Crippen LogP contribution in [0.2, 0.25) is 0 Å². The summed E-state index contributed by atoms with van der Waals surface area (Å²) in [5.41, 5.74) is 0.700. The van der Waals surface area contributed by atoms with Gasteiger partial charge in [0.05, 0.1) is 11.7 Å². The first kappa shape index (κ1) is 13.0. The number of aromatic amines is 1. The van der Waals surface area contributed by atoms with Crippen LogP contribution in [0.4, 0.5) is 4.39 Å². The topological polar surface area (TPSA) is 79.1 Å². The Morgan fingerprint density at radius 1 is 1.38 bits per heavy atom. The number of nitrogens with zero attached hydrogens (tertiary/aromatic N) is 2. The zero-order chi connectivity index (χ0) is 15.0. The van der Waals surface area contributed by atoms with Crippen molar-refractivity contribution in [3.8, 4) is 17.1 Å². The summed E-state index contributed by atoms with van der Waals surface area (Å²) in [5.74, 6) is -0.934. The van der Waals surface area contributed by atoms with Crippen molar-refractivity contribution in [3.63, 3.8) is 0 Å². The molecule has 0 saturated carbocycles. The molecule has 3 heterocycles. The van der Waals surface area contributed by atoms with Crippen LogP contribution in [-0.2, 0) is 0 Å². The lowest BCUT2D eigenvalue weighted by atomic mass is 10.2. The fraction of sp³-hybridized carbons (Fsp3) is 0.0714. The average molecular weight is 288 g/mol. The Kier molecular flexibility index (Phi) is 3.02. The van der Waals surface area contributed by atoms with Crippen molar-refractivity contribution in [3.05, 3.63) is 52.8 Å². The first-order chi connectivity index (χ1) is 10.1. The molecular weight excluding hydrogens is 277 g/mol. The molecule has 21 heavy (non-hydrogen) atoms. The van der Waals surface area contributed by atoms with Crippen LogP contribution >= 0.6 is 0 Å². The number of pyridine rings is 3. The molecule has 0 spiro atoms. The van der Waals surface area contributed by atoms with Crippen LogP contribution in [0.25, 0.3) is 22.3 Å². The lowest BCUT2D eigenvalue weighted by molar-refractivity contribution is -0.877. The summed E-state index contributed by atoms with van der Waals surface area (Å²) in [7, 11) is 1.35. The van der Waals surface area contributed by atoms with Gasteiger partial charge in [-0.2, -0.15) is 4.39 Å². The Hall–Kier alpha value is -2.96. The highest BCUT2D eigenvalue weighted by molar-refractivity contribution is 5.80. The lowest BCUT2D eigenvalue weighted by Crippen LogP contribution is -2.43. The van der Waals surface area contributed by atoms with E-state index in [1.165, 1.54) is 25.6 Å². The van der Waals surface area contributed by atoms with E-state index in [1.807, 2.05) is 0 Å². The molecule has 7 heteroatoms. The van der Waals surface area contributed by atoms with Crippen molar-refractivity contribution < 1.29 is 19.1 Å². The molecule has 0 unspecified atom stereocenters. The van der Waals surface area contributed by atoms with Gasteiger partial charge in [-0.15, -0.1) is 0 Å². The summed E-state index contributed by atoms with van der Waals surface area (Å²) in [6.45, 7) is 0. The molecule has 0 fully saturated rings. The Balaban J connectivity index is 2.25. The first-order valence-electron chi connectivity index (χ1n) is 6.06. The predicted octanol–water partition coefficient (Wildman–Crippen LogP) is 0.781. The van der Waals surface area contributed by atoms with Crippen LogP contribution < -0.4 is 15.1 Å². The van der Waals surface area contributed by atoms with Gasteiger partial charge < -0.3 is 10.1 Å². The van der Waals surface area contributed by atoms with Gasteiger partial charge in [-0.1, -0.05) is 0 Å². The summed E-state index contributed by atoms with van der Waals surface area (Å²) in [4.78, 5) is 23.0. The van der Waals surface area contributed by atoms with E-state index in [0.29, 0.717) is 16.6 Å². The third kappa shape index (κ3) is 2.29. The minimum atomic E-state index is -0.673. The maximum absolute atomic E-state index is 14.1. The lowest BCUT2D eigenvalue weighted by Gasteiger charge is -2.03. The Labute approximate surface area is 118 Å². The van der Waals surface area contributed by atoms with Gasteiger partial charge in [0.2, 0.25) is 11.4 Å². The zero-order valence-corrected chi connectivity index (χ0v) is 11.0. The van der Waals surface area contributed by atoms with Gasteiger partial charge in [0.1, 0.15) is 12.8 Å². The minimum Gasteiger partial charge on any atom is -0.503 e. The van der Waals surface area contributed by atoms with Crippen molar-refractivity contribution in [2.24, 2.45) is 0 Å². The van der Waals surface area contributed by atoms with Crippen molar-refractivity contribution in [2.75, 3.05) is 7.11 Å². The number of nitrogens with one attached hydrogen (secondary N) is 1. The molecule has 0 aromatic carbocycles. The molecule has 0 amide bonds. The van der Waals surface area contributed by atoms with E-state index < -0.39 is 5.82 Å². The minimum absolute atomic E-state index is 0.0726. The summed E-state index contributed by atoms with van der Waals surface area (Å²) in [6.07, 6.45) is 2.68. The summed E-state index contributed by atoms with van der Waals surface area (Å²) in [6, 6.07) is 5.60. The van der Waals surface area contributed by atoms with E-state index in [9.17, 15) is 14.3 Å². The largest absolute Gasteiger partial charge is 0.503 e. The molecule has 106 valence electrons. The molecule has 3 aromatic heterocycles. The molecule has 0 bridgehead atoms. The van der Waals surface area contributed by atoms with E-state index in [4.69, 9.17) is 4.84 Å². The fourth-order valence-electron chi connectivity index (χ4n) is 2.09. The van der Waals surface area contributed by atoms with Crippen molar-refractivity contribution in [1.82, 2.24) is 9.97 Å². The Morgan fingerprint density at radius 2 is 2.19 bits per heavy atom. The van der Waals surface area contributed by atoms with Crippen molar-refractivity contribution in [2.45, 2.75) is 0 Å². The summed E-state index contributed by atoms with van der Waals surface area (Å²) < 4.78 is 15.2. The molecule has 0 radical (unpaired) electrons. The molecule has 0 aliphatic carbocycles. The molecule has 0 atom stereocenters. The molecular formula is C14H11FN3O3+. The van der Waals surface area contributed by atoms with Gasteiger partial charge in [-0.3, -0.25) is 9.63 Å². The van der Waals surface area contributed by atoms with E-state index in [0.717, 1.165) is 10.8 Å². The van der Waals surface area contributed by atoms with Gasteiger partial charge >= 0.3 is 5.69 Å². The zero-order valence-electron chi connectivity index (χ0n) is 11.0. The van der Waals surface area contributed by atoms with E-state index in [2.05, 4.69) is 9.97 Å². The highest BCUT2D eigenvalue weighted by Crippen LogP contribution is 2.22. The van der Waals surface area contributed by atoms with Crippen LogP contribution in [0.5, 0.6) is 5.75 Å². The van der Waals surface area contributed by atoms with Crippen molar-refractivity contribution in [1.29, 1.82) is 0 Å². The number of hydrogen-bond donors (Lipinski definition) is 2. The fourth-order valence-corrected chi connectivity index (χ4v) is 2.09. The van der Waals surface area contributed by atoms with E-state index in [-0.39, 0.29) is 17.0 Å². The number of rotatable bonds is 2. The molecule has 0 aliphatic heterocycles. The Bertz CT molecular complexity index is 892. The van der Waals surface area contributed by atoms with Crippen LogP contribution in [0, 0.1) is 5.82 Å². The number of hydrogen-bond acceptors (Lipinski definition) is 4. The summed E-state index contributed by atoms with van der Waals surface area (Å²) >= 11 is 0.